The van der Waals surface area contributed by atoms with Crippen LogP contribution < -0.4 is 10.1 Å². The maximum atomic E-state index is 12.6. The van der Waals surface area contributed by atoms with Crippen molar-refractivity contribution in [3.63, 3.8) is 0 Å². The van der Waals surface area contributed by atoms with E-state index in [-0.39, 0.29) is 24.5 Å². The summed E-state index contributed by atoms with van der Waals surface area (Å²) < 4.78 is 5.58. The largest absolute Gasteiger partial charge is 0.484 e. The summed E-state index contributed by atoms with van der Waals surface area (Å²) in [6.45, 7) is 0.510. The molecule has 3 rings (SSSR count). The van der Waals surface area contributed by atoms with E-state index in [4.69, 9.17) is 16.3 Å². The minimum absolute atomic E-state index is 0.00550. The second kappa shape index (κ2) is 8.23. The first kappa shape index (κ1) is 18.3. The number of benzene rings is 2. The van der Waals surface area contributed by atoms with Gasteiger partial charge in [-0.15, -0.1) is 0 Å². The van der Waals surface area contributed by atoms with Crippen LogP contribution in [0.15, 0.2) is 48.5 Å². The molecule has 1 fully saturated rings. The zero-order valence-corrected chi connectivity index (χ0v) is 15.3. The minimum atomic E-state index is -0.122. The van der Waals surface area contributed by atoms with Crippen LogP contribution in [0, 0.1) is 0 Å². The Morgan fingerprint density at radius 1 is 1.12 bits per heavy atom. The van der Waals surface area contributed by atoms with Gasteiger partial charge in [0, 0.05) is 30.2 Å². The summed E-state index contributed by atoms with van der Waals surface area (Å²) in [5, 5.41) is 3.22. The van der Waals surface area contributed by atoms with Gasteiger partial charge in [0.15, 0.2) is 6.61 Å². The highest BCUT2D eigenvalue weighted by atomic mass is 35.5. The summed E-state index contributed by atoms with van der Waals surface area (Å²) in [6.07, 6.45) is 2.03. The molecule has 1 saturated carbocycles. The fourth-order valence-corrected chi connectivity index (χ4v) is 2.79. The topological polar surface area (TPSA) is 58.6 Å². The molecular weight excluding hydrogens is 352 g/mol. The summed E-state index contributed by atoms with van der Waals surface area (Å²) in [5.41, 5.74) is 1.59. The molecule has 0 aliphatic heterocycles. The first-order valence-corrected chi connectivity index (χ1v) is 8.93. The number of amides is 2. The van der Waals surface area contributed by atoms with Gasteiger partial charge in [-0.2, -0.15) is 0 Å². The molecule has 0 heterocycles. The molecule has 0 saturated heterocycles. The highest BCUT2D eigenvalue weighted by Crippen LogP contribution is 2.28. The Morgan fingerprint density at radius 3 is 2.35 bits per heavy atom. The Hall–Kier alpha value is -2.53. The van der Waals surface area contributed by atoms with Crippen LogP contribution in [0.25, 0.3) is 0 Å². The predicted octanol–water partition coefficient (Wildman–Crippen LogP) is 3.27. The first-order valence-electron chi connectivity index (χ1n) is 8.55. The number of carbonyl (C=O) groups is 2. The molecule has 2 aromatic carbocycles. The third-order valence-corrected chi connectivity index (χ3v) is 4.53. The van der Waals surface area contributed by atoms with Crippen molar-refractivity contribution in [2.75, 3.05) is 13.7 Å². The normalized spacial score (nSPS) is 13.2. The summed E-state index contributed by atoms with van der Waals surface area (Å²) in [5.74, 6) is 0.453. The van der Waals surface area contributed by atoms with Gasteiger partial charge in [0.05, 0.1) is 0 Å². The van der Waals surface area contributed by atoms with Gasteiger partial charge >= 0.3 is 0 Å². The number of halogens is 1. The lowest BCUT2D eigenvalue weighted by Crippen LogP contribution is -2.36. The molecule has 1 N–H and O–H groups in total. The Balaban J connectivity index is 1.60. The van der Waals surface area contributed by atoms with Crippen LogP contribution >= 0.6 is 11.6 Å². The minimum Gasteiger partial charge on any atom is -0.484 e. The van der Waals surface area contributed by atoms with Gasteiger partial charge in [-0.05, 0) is 54.8 Å². The molecule has 0 aromatic heterocycles. The maximum absolute atomic E-state index is 12.6. The van der Waals surface area contributed by atoms with Gasteiger partial charge in [0.2, 0.25) is 0 Å². The number of nitrogens with zero attached hydrogens (tertiary/aromatic N) is 1. The van der Waals surface area contributed by atoms with E-state index in [1.54, 1.807) is 43.4 Å². The van der Waals surface area contributed by atoms with E-state index in [1.165, 1.54) is 0 Å². The number of rotatable bonds is 7. The third-order valence-electron chi connectivity index (χ3n) is 4.28. The molecule has 1 aliphatic carbocycles. The zero-order chi connectivity index (χ0) is 18.5. The van der Waals surface area contributed by atoms with Crippen molar-refractivity contribution in [2.45, 2.75) is 25.4 Å². The molecule has 2 aromatic rings. The molecule has 0 bridgehead atoms. The molecule has 136 valence electrons. The monoisotopic (exact) mass is 372 g/mol. The summed E-state index contributed by atoms with van der Waals surface area (Å²) in [4.78, 5) is 26.1. The molecular formula is C20H21ClN2O3. The molecule has 26 heavy (non-hydrogen) atoms. The van der Waals surface area contributed by atoms with E-state index in [1.807, 2.05) is 17.0 Å². The van der Waals surface area contributed by atoms with Crippen LogP contribution in [0.1, 0.15) is 28.8 Å². The number of ether oxygens (including phenoxy) is 1. The SMILES string of the molecule is CNC(=O)c1ccc(CN(C(=O)COc2ccc(Cl)cc2)C2CC2)cc1. The average molecular weight is 373 g/mol. The second-order valence-electron chi connectivity index (χ2n) is 6.27. The highest BCUT2D eigenvalue weighted by Gasteiger charge is 2.32. The molecule has 2 amide bonds. The predicted molar refractivity (Wildman–Crippen MR) is 100 cm³/mol. The number of carbonyl (C=O) groups excluding carboxylic acids is 2. The highest BCUT2D eigenvalue weighted by molar-refractivity contribution is 6.30. The Bertz CT molecular complexity index is 771. The molecule has 1 aliphatic rings. The van der Waals surface area contributed by atoms with E-state index >= 15 is 0 Å². The number of hydrogen-bond acceptors (Lipinski definition) is 3. The Kier molecular flexibility index (Phi) is 5.78. The van der Waals surface area contributed by atoms with Crippen LogP contribution in [0.5, 0.6) is 5.75 Å². The van der Waals surface area contributed by atoms with Gasteiger partial charge in [-0.25, -0.2) is 0 Å². The summed E-state index contributed by atoms with van der Waals surface area (Å²) in [6, 6.07) is 14.5. The zero-order valence-electron chi connectivity index (χ0n) is 14.6. The van der Waals surface area contributed by atoms with E-state index < -0.39 is 0 Å². The number of nitrogens with one attached hydrogen (secondary N) is 1. The summed E-state index contributed by atoms with van der Waals surface area (Å²) >= 11 is 5.85. The van der Waals surface area contributed by atoms with Crippen LogP contribution in [0.3, 0.4) is 0 Å². The van der Waals surface area contributed by atoms with Gasteiger partial charge in [0.25, 0.3) is 11.8 Å². The van der Waals surface area contributed by atoms with Crippen molar-refractivity contribution in [2.24, 2.45) is 0 Å². The van der Waals surface area contributed by atoms with Gasteiger partial charge in [0.1, 0.15) is 5.75 Å². The smallest absolute Gasteiger partial charge is 0.261 e. The Labute approximate surface area is 157 Å². The van der Waals surface area contributed by atoms with Crippen LogP contribution in [0.4, 0.5) is 0 Å². The fourth-order valence-electron chi connectivity index (χ4n) is 2.67. The van der Waals surface area contributed by atoms with E-state index in [0.29, 0.717) is 22.9 Å². The molecule has 0 radical (unpaired) electrons. The van der Waals surface area contributed by atoms with E-state index in [2.05, 4.69) is 5.32 Å². The van der Waals surface area contributed by atoms with Crippen molar-refractivity contribution in [1.82, 2.24) is 10.2 Å². The maximum Gasteiger partial charge on any atom is 0.261 e. The molecule has 6 heteroatoms. The van der Waals surface area contributed by atoms with Crippen LogP contribution in [-0.4, -0.2) is 36.4 Å². The lowest BCUT2D eigenvalue weighted by molar-refractivity contribution is -0.134. The molecule has 0 unspecified atom stereocenters. The van der Waals surface area contributed by atoms with Crippen molar-refractivity contribution in [3.8, 4) is 5.75 Å². The van der Waals surface area contributed by atoms with Crippen molar-refractivity contribution < 1.29 is 14.3 Å². The van der Waals surface area contributed by atoms with Gasteiger partial charge < -0.3 is 15.0 Å². The second-order valence-corrected chi connectivity index (χ2v) is 6.71. The van der Waals surface area contributed by atoms with Crippen LogP contribution in [-0.2, 0) is 11.3 Å². The lowest BCUT2D eigenvalue weighted by atomic mass is 10.1. The first-order chi connectivity index (χ1) is 12.6. The summed E-state index contributed by atoms with van der Waals surface area (Å²) in [7, 11) is 1.60. The van der Waals surface area contributed by atoms with Crippen LogP contribution in [0.2, 0.25) is 5.02 Å². The van der Waals surface area contributed by atoms with Crippen molar-refractivity contribution in [3.05, 3.63) is 64.7 Å². The lowest BCUT2D eigenvalue weighted by Gasteiger charge is -2.23. The van der Waals surface area contributed by atoms with E-state index in [0.717, 1.165) is 18.4 Å². The van der Waals surface area contributed by atoms with E-state index in [9.17, 15) is 9.59 Å². The fraction of sp³-hybridized carbons (Fsp3) is 0.300. The standard InChI is InChI=1S/C20H21ClN2O3/c1-22-20(25)15-4-2-14(3-5-15)12-23(17-8-9-17)19(24)13-26-18-10-6-16(21)7-11-18/h2-7,10-11,17H,8-9,12-13H2,1H3,(H,22,25). The van der Waals surface area contributed by atoms with Gasteiger partial charge in [-0.1, -0.05) is 23.7 Å². The Morgan fingerprint density at radius 2 is 1.77 bits per heavy atom. The number of hydrogen-bond donors (Lipinski definition) is 1. The van der Waals surface area contributed by atoms with Gasteiger partial charge in [-0.3, -0.25) is 9.59 Å². The molecule has 0 atom stereocenters. The molecule has 5 nitrogen and oxygen atoms in total. The quantitative estimate of drug-likeness (QED) is 0.811. The molecule has 0 spiro atoms. The third kappa shape index (κ3) is 4.76. The van der Waals surface area contributed by atoms with Crippen molar-refractivity contribution >= 4 is 23.4 Å². The van der Waals surface area contributed by atoms with Crippen molar-refractivity contribution in [1.29, 1.82) is 0 Å². The average Bonchev–Trinajstić information content (AvgIpc) is 3.50.